The third kappa shape index (κ3) is 2.77. The van der Waals surface area contributed by atoms with Gasteiger partial charge >= 0.3 is 11.9 Å². The standard InChI is InChI=1S/C10H8Cl4O4/c1-17-8(15)4-3-10(13,14)5(9(16)18-2)7(12)6(4)11/h3,6H,1-2H3. The van der Waals surface area contributed by atoms with Gasteiger partial charge in [0.15, 0.2) is 4.33 Å². The van der Waals surface area contributed by atoms with Crippen LogP contribution >= 0.6 is 46.4 Å². The fourth-order valence-electron chi connectivity index (χ4n) is 1.38. The number of rotatable bonds is 2. The third-order valence-electron chi connectivity index (χ3n) is 2.22. The number of methoxy groups -OCH3 is 2. The van der Waals surface area contributed by atoms with Gasteiger partial charge in [0.1, 0.15) is 5.38 Å². The summed E-state index contributed by atoms with van der Waals surface area (Å²) in [6.07, 6.45) is 1.11. The van der Waals surface area contributed by atoms with E-state index in [-0.39, 0.29) is 16.2 Å². The lowest BCUT2D eigenvalue weighted by molar-refractivity contribution is -0.137. The van der Waals surface area contributed by atoms with Crippen LogP contribution in [0.5, 0.6) is 0 Å². The summed E-state index contributed by atoms with van der Waals surface area (Å²) in [5, 5.41) is -1.24. The summed E-state index contributed by atoms with van der Waals surface area (Å²) in [7, 11) is 2.32. The molecule has 0 N–H and O–H groups in total. The number of hydrogen-bond acceptors (Lipinski definition) is 4. The molecule has 0 saturated heterocycles. The van der Waals surface area contributed by atoms with E-state index in [4.69, 9.17) is 46.4 Å². The summed E-state index contributed by atoms with van der Waals surface area (Å²) in [6, 6.07) is 0. The molecule has 1 atom stereocenters. The molecule has 1 rings (SSSR count). The SMILES string of the molecule is COC(=O)C1=CC(Cl)(Cl)C(C(=O)OC)=C(Cl)C1Cl. The molecule has 1 aliphatic rings. The maximum absolute atomic E-state index is 11.5. The highest BCUT2D eigenvalue weighted by Gasteiger charge is 2.44. The lowest BCUT2D eigenvalue weighted by Crippen LogP contribution is -2.32. The Morgan fingerprint density at radius 1 is 1.22 bits per heavy atom. The molecule has 1 unspecified atom stereocenters. The van der Waals surface area contributed by atoms with Crippen LogP contribution in [0.3, 0.4) is 0 Å². The van der Waals surface area contributed by atoms with Crippen molar-refractivity contribution < 1.29 is 19.1 Å². The molecule has 100 valence electrons. The number of ether oxygens (including phenoxy) is 2. The van der Waals surface area contributed by atoms with Crippen LogP contribution in [-0.2, 0) is 19.1 Å². The normalized spacial score (nSPS) is 22.3. The van der Waals surface area contributed by atoms with Crippen molar-refractivity contribution in [3.63, 3.8) is 0 Å². The maximum atomic E-state index is 11.5. The molecule has 0 spiro atoms. The summed E-state index contributed by atoms with van der Waals surface area (Å²) in [5.41, 5.74) is -0.260. The van der Waals surface area contributed by atoms with Crippen molar-refractivity contribution >= 4 is 58.3 Å². The third-order valence-corrected chi connectivity index (χ3v) is 3.78. The Morgan fingerprint density at radius 3 is 2.17 bits per heavy atom. The van der Waals surface area contributed by atoms with Gasteiger partial charge in [0, 0.05) is 0 Å². The van der Waals surface area contributed by atoms with E-state index in [0.29, 0.717) is 0 Å². The molecule has 18 heavy (non-hydrogen) atoms. The van der Waals surface area contributed by atoms with E-state index in [0.717, 1.165) is 13.2 Å². The second-order valence-electron chi connectivity index (χ2n) is 3.29. The van der Waals surface area contributed by atoms with Crippen molar-refractivity contribution in [2.24, 2.45) is 0 Å². The molecular formula is C10H8Cl4O4. The first-order valence-electron chi connectivity index (χ1n) is 4.57. The summed E-state index contributed by atoms with van der Waals surface area (Å²) < 4.78 is 7.22. The fraction of sp³-hybridized carbons (Fsp3) is 0.400. The zero-order valence-corrected chi connectivity index (χ0v) is 12.3. The van der Waals surface area contributed by atoms with Crippen LogP contribution in [-0.4, -0.2) is 35.9 Å². The molecule has 0 saturated carbocycles. The van der Waals surface area contributed by atoms with Crippen LogP contribution < -0.4 is 0 Å². The van der Waals surface area contributed by atoms with Crippen molar-refractivity contribution in [3.05, 3.63) is 22.3 Å². The Balaban J connectivity index is 3.32. The van der Waals surface area contributed by atoms with E-state index in [1.54, 1.807) is 0 Å². The lowest BCUT2D eigenvalue weighted by Gasteiger charge is -2.27. The maximum Gasteiger partial charge on any atom is 0.338 e. The van der Waals surface area contributed by atoms with Crippen molar-refractivity contribution in [2.75, 3.05) is 14.2 Å². The Morgan fingerprint density at radius 2 is 1.72 bits per heavy atom. The second kappa shape index (κ2) is 5.70. The summed E-state index contributed by atoms with van der Waals surface area (Å²) in [4.78, 5) is 23.0. The molecule has 0 aromatic rings. The highest BCUT2D eigenvalue weighted by molar-refractivity contribution is 6.56. The lowest BCUT2D eigenvalue weighted by atomic mass is 9.97. The van der Waals surface area contributed by atoms with Crippen LogP contribution in [0.1, 0.15) is 0 Å². The average molecular weight is 334 g/mol. The molecule has 4 nitrogen and oxygen atoms in total. The van der Waals surface area contributed by atoms with Crippen molar-refractivity contribution in [1.82, 2.24) is 0 Å². The fourth-order valence-corrected chi connectivity index (χ4v) is 2.67. The molecule has 0 bridgehead atoms. The molecular weight excluding hydrogens is 326 g/mol. The first kappa shape index (κ1) is 15.6. The highest BCUT2D eigenvalue weighted by Crippen LogP contribution is 2.44. The molecule has 0 aliphatic heterocycles. The molecule has 0 aromatic heterocycles. The van der Waals surface area contributed by atoms with Crippen LogP contribution in [0.2, 0.25) is 0 Å². The van der Waals surface area contributed by atoms with Gasteiger partial charge in [-0.1, -0.05) is 34.8 Å². The van der Waals surface area contributed by atoms with Crippen molar-refractivity contribution in [2.45, 2.75) is 9.71 Å². The number of carbonyl (C=O) groups is 2. The van der Waals surface area contributed by atoms with Crippen LogP contribution in [0.25, 0.3) is 0 Å². The minimum Gasteiger partial charge on any atom is -0.466 e. The number of allylic oxidation sites excluding steroid dienone is 2. The number of halogens is 4. The molecule has 8 heteroatoms. The zero-order chi connectivity index (χ0) is 14.1. The number of hydrogen-bond donors (Lipinski definition) is 0. The van der Waals surface area contributed by atoms with Crippen LogP contribution in [0, 0.1) is 0 Å². The van der Waals surface area contributed by atoms with E-state index in [2.05, 4.69) is 9.47 Å². The number of alkyl halides is 3. The highest BCUT2D eigenvalue weighted by atomic mass is 35.5. The topological polar surface area (TPSA) is 52.6 Å². The number of esters is 2. The van der Waals surface area contributed by atoms with Gasteiger partial charge in [-0.2, -0.15) is 0 Å². The van der Waals surface area contributed by atoms with E-state index in [9.17, 15) is 9.59 Å². The Labute approximate surface area is 123 Å². The van der Waals surface area contributed by atoms with Gasteiger partial charge < -0.3 is 9.47 Å². The van der Waals surface area contributed by atoms with Gasteiger partial charge in [-0.05, 0) is 6.08 Å². The summed E-state index contributed by atoms with van der Waals surface area (Å²) >= 11 is 23.8. The van der Waals surface area contributed by atoms with Gasteiger partial charge in [-0.3, -0.25) is 0 Å². The summed E-state index contributed by atoms with van der Waals surface area (Å²) in [5.74, 6) is -1.56. The van der Waals surface area contributed by atoms with Crippen molar-refractivity contribution in [3.8, 4) is 0 Å². The molecule has 0 heterocycles. The monoisotopic (exact) mass is 332 g/mol. The minimum atomic E-state index is -1.81. The first-order chi connectivity index (χ1) is 8.26. The predicted molar refractivity (Wildman–Crippen MR) is 69.1 cm³/mol. The van der Waals surface area contributed by atoms with Gasteiger partial charge in [0.05, 0.1) is 30.4 Å². The Bertz CT molecular complexity index is 453. The van der Waals surface area contributed by atoms with Gasteiger partial charge in [-0.15, -0.1) is 11.6 Å². The quantitative estimate of drug-likeness (QED) is 0.575. The van der Waals surface area contributed by atoms with Crippen LogP contribution in [0.15, 0.2) is 22.3 Å². The van der Waals surface area contributed by atoms with E-state index >= 15 is 0 Å². The number of carbonyl (C=O) groups excluding carboxylic acids is 2. The van der Waals surface area contributed by atoms with E-state index in [1.165, 1.54) is 7.11 Å². The molecule has 0 amide bonds. The average Bonchev–Trinajstić information content (AvgIpc) is 2.32. The Kier molecular flexibility index (Phi) is 4.95. The first-order valence-corrected chi connectivity index (χ1v) is 6.14. The molecule has 0 aromatic carbocycles. The molecule has 1 aliphatic carbocycles. The van der Waals surface area contributed by atoms with E-state index in [1.807, 2.05) is 0 Å². The largest absolute Gasteiger partial charge is 0.466 e. The molecule has 0 radical (unpaired) electrons. The Hall–Kier alpha value is -0.420. The second-order valence-corrected chi connectivity index (χ2v) is 5.52. The van der Waals surface area contributed by atoms with Gasteiger partial charge in [0.25, 0.3) is 0 Å². The van der Waals surface area contributed by atoms with Crippen LogP contribution in [0.4, 0.5) is 0 Å². The molecule has 0 fully saturated rings. The zero-order valence-electron chi connectivity index (χ0n) is 9.30. The van der Waals surface area contributed by atoms with Gasteiger partial charge in [0.2, 0.25) is 0 Å². The predicted octanol–water partition coefficient (Wildman–Crippen LogP) is 2.55. The summed E-state index contributed by atoms with van der Waals surface area (Å²) in [6.45, 7) is 0. The smallest absolute Gasteiger partial charge is 0.338 e. The van der Waals surface area contributed by atoms with E-state index < -0.39 is 21.6 Å². The van der Waals surface area contributed by atoms with Crippen molar-refractivity contribution in [1.29, 1.82) is 0 Å². The van der Waals surface area contributed by atoms with Gasteiger partial charge in [-0.25, -0.2) is 9.59 Å². The minimum absolute atomic E-state index is 0.0400.